The minimum absolute atomic E-state index is 0.109. The highest BCUT2D eigenvalue weighted by molar-refractivity contribution is 5.91. The molecule has 0 spiro atoms. The first-order valence-electron chi connectivity index (χ1n) is 9.27. The summed E-state index contributed by atoms with van der Waals surface area (Å²) in [6, 6.07) is 3.58. The van der Waals surface area contributed by atoms with Crippen LogP contribution in [0.1, 0.15) is 35.9 Å². The molecule has 0 aliphatic carbocycles. The lowest BCUT2D eigenvalue weighted by molar-refractivity contribution is -0.117. The molecule has 9 nitrogen and oxygen atoms in total. The summed E-state index contributed by atoms with van der Waals surface area (Å²) < 4.78 is 10.4. The summed E-state index contributed by atoms with van der Waals surface area (Å²) in [7, 11) is 0. The zero-order valence-corrected chi connectivity index (χ0v) is 15.9. The summed E-state index contributed by atoms with van der Waals surface area (Å²) in [6.45, 7) is 5.57. The molecule has 1 atom stereocenters. The second-order valence-corrected chi connectivity index (χ2v) is 7.10. The second-order valence-electron chi connectivity index (χ2n) is 7.10. The maximum absolute atomic E-state index is 12.3. The van der Waals surface area contributed by atoms with E-state index in [0.29, 0.717) is 23.9 Å². The fourth-order valence-corrected chi connectivity index (χ4v) is 3.58. The average Bonchev–Trinajstić information content (AvgIpc) is 3.30. The number of aromatic nitrogens is 4. The number of nitrogens with one attached hydrogen (secondary N) is 1. The van der Waals surface area contributed by atoms with Gasteiger partial charge in [0.1, 0.15) is 12.1 Å². The molecule has 1 fully saturated rings. The van der Waals surface area contributed by atoms with Gasteiger partial charge in [-0.3, -0.25) is 9.69 Å². The normalized spacial score (nSPS) is 17.6. The molecule has 1 amide bonds. The van der Waals surface area contributed by atoms with Gasteiger partial charge in [-0.25, -0.2) is 9.97 Å². The van der Waals surface area contributed by atoms with Crippen LogP contribution >= 0.6 is 0 Å². The number of nitrogens with zero attached hydrogens (tertiary/aromatic N) is 5. The summed E-state index contributed by atoms with van der Waals surface area (Å²) >= 11 is 0. The maximum atomic E-state index is 12.3. The molecule has 9 heteroatoms. The van der Waals surface area contributed by atoms with E-state index in [1.54, 1.807) is 25.5 Å². The molecule has 4 heterocycles. The second kappa shape index (κ2) is 7.89. The van der Waals surface area contributed by atoms with Gasteiger partial charge in [-0.2, -0.15) is 0 Å². The van der Waals surface area contributed by atoms with E-state index >= 15 is 0 Å². The first kappa shape index (κ1) is 18.3. The van der Waals surface area contributed by atoms with Gasteiger partial charge in [-0.1, -0.05) is 10.3 Å². The SMILES string of the molecule is Cc1cc(-c2cncnc2[C@H]2CCCN(CC(=O)Nc3cc(C)on3)C2)on1. The zero-order valence-electron chi connectivity index (χ0n) is 15.9. The predicted octanol–water partition coefficient (Wildman–Crippen LogP) is 2.55. The fourth-order valence-electron chi connectivity index (χ4n) is 3.58. The van der Waals surface area contributed by atoms with E-state index in [0.717, 1.165) is 42.9 Å². The Morgan fingerprint density at radius 2 is 2.18 bits per heavy atom. The lowest BCUT2D eigenvalue weighted by Gasteiger charge is -2.32. The molecular weight excluding hydrogens is 360 g/mol. The lowest BCUT2D eigenvalue weighted by Crippen LogP contribution is -2.40. The molecule has 0 bridgehead atoms. The Kier molecular flexibility index (Phi) is 5.16. The molecule has 3 aromatic heterocycles. The molecule has 1 aliphatic rings. The molecule has 146 valence electrons. The summed E-state index contributed by atoms with van der Waals surface area (Å²) in [5.41, 5.74) is 2.61. The highest BCUT2D eigenvalue weighted by Crippen LogP contribution is 2.32. The van der Waals surface area contributed by atoms with Gasteiger partial charge in [0.25, 0.3) is 0 Å². The third-order valence-corrected chi connectivity index (χ3v) is 4.79. The Balaban J connectivity index is 1.45. The molecule has 1 aliphatic heterocycles. The summed E-state index contributed by atoms with van der Waals surface area (Å²) in [5, 5.41) is 10.5. The van der Waals surface area contributed by atoms with Gasteiger partial charge >= 0.3 is 0 Å². The number of carbonyl (C=O) groups is 1. The molecule has 4 rings (SSSR count). The van der Waals surface area contributed by atoms with Crippen LogP contribution in [0.15, 0.2) is 33.7 Å². The standard InChI is InChI=1S/C19H22N6O3/c1-12-6-16(28-23-12)15-8-20-11-21-19(15)14-4-3-5-25(9-14)10-18(26)22-17-7-13(2)27-24-17/h6-8,11,14H,3-5,9-10H2,1-2H3,(H,22,24,26)/t14-/m0/s1. The van der Waals surface area contributed by atoms with Crippen molar-refractivity contribution < 1.29 is 13.8 Å². The van der Waals surface area contributed by atoms with Crippen molar-refractivity contribution in [3.63, 3.8) is 0 Å². The predicted molar refractivity (Wildman–Crippen MR) is 101 cm³/mol. The van der Waals surface area contributed by atoms with Crippen molar-refractivity contribution in [2.24, 2.45) is 0 Å². The Morgan fingerprint density at radius 3 is 2.93 bits per heavy atom. The smallest absolute Gasteiger partial charge is 0.239 e. The third kappa shape index (κ3) is 4.09. The van der Waals surface area contributed by atoms with E-state index in [9.17, 15) is 4.79 Å². The number of hydrogen-bond donors (Lipinski definition) is 1. The van der Waals surface area contributed by atoms with Crippen molar-refractivity contribution in [3.05, 3.63) is 41.8 Å². The molecule has 0 saturated carbocycles. The van der Waals surface area contributed by atoms with Crippen LogP contribution in [0.2, 0.25) is 0 Å². The highest BCUT2D eigenvalue weighted by Gasteiger charge is 2.27. The van der Waals surface area contributed by atoms with Gasteiger partial charge in [0.2, 0.25) is 5.91 Å². The first-order chi connectivity index (χ1) is 13.6. The van der Waals surface area contributed by atoms with Crippen molar-refractivity contribution in [1.29, 1.82) is 0 Å². The summed E-state index contributed by atoms with van der Waals surface area (Å²) in [6.07, 6.45) is 5.30. The Bertz CT molecular complexity index is 966. The number of carbonyl (C=O) groups excluding carboxylic acids is 1. The lowest BCUT2D eigenvalue weighted by atomic mass is 9.91. The number of rotatable bonds is 5. The van der Waals surface area contributed by atoms with Gasteiger partial charge in [0, 0.05) is 30.8 Å². The molecule has 1 N–H and O–H groups in total. The quantitative estimate of drug-likeness (QED) is 0.717. The molecule has 0 radical (unpaired) electrons. The maximum Gasteiger partial charge on any atom is 0.239 e. The van der Waals surface area contributed by atoms with Gasteiger partial charge in [-0.05, 0) is 33.2 Å². The molecule has 1 saturated heterocycles. The van der Waals surface area contributed by atoms with E-state index in [-0.39, 0.29) is 11.8 Å². The summed E-state index contributed by atoms with van der Waals surface area (Å²) in [4.78, 5) is 23.1. The largest absolute Gasteiger partial charge is 0.360 e. The monoisotopic (exact) mass is 382 g/mol. The van der Waals surface area contributed by atoms with Crippen LogP contribution < -0.4 is 5.32 Å². The van der Waals surface area contributed by atoms with Crippen LogP contribution in [0.25, 0.3) is 11.3 Å². The molecular formula is C19H22N6O3. The van der Waals surface area contributed by atoms with Gasteiger partial charge in [0.05, 0.1) is 23.5 Å². The zero-order chi connectivity index (χ0) is 19.5. The van der Waals surface area contributed by atoms with Crippen molar-refractivity contribution in [2.75, 3.05) is 25.0 Å². The van der Waals surface area contributed by atoms with Crippen LogP contribution in [-0.4, -0.2) is 50.7 Å². The van der Waals surface area contributed by atoms with E-state index in [2.05, 4.69) is 30.5 Å². The van der Waals surface area contributed by atoms with E-state index < -0.39 is 0 Å². The number of piperidine rings is 1. The van der Waals surface area contributed by atoms with Gasteiger partial charge < -0.3 is 14.4 Å². The van der Waals surface area contributed by atoms with Crippen LogP contribution in [-0.2, 0) is 4.79 Å². The van der Waals surface area contributed by atoms with Crippen molar-refractivity contribution in [2.45, 2.75) is 32.6 Å². The summed E-state index contributed by atoms with van der Waals surface area (Å²) in [5.74, 6) is 1.86. The number of anilines is 1. The average molecular weight is 382 g/mol. The minimum Gasteiger partial charge on any atom is -0.360 e. The first-order valence-corrected chi connectivity index (χ1v) is 9.27. The number of aryl methyl sites for hydroxylation is 2. The Labute approximate surface area is 162 Å². The molecule has 28 heavy (non-hydrogen) atoms. The molecule has 0 unspecified atom stereocenters. The molecule has 0 aromatic carbocycles. The van der Waals surface area contributed by atoms with E-state index in [4.69, 9.17) is 9.05 Å². The van der Waals surface area contributed by atoms with Crippen LogP contribution in [0.5, 0.6) is 0 Å². The van der Waals surface area contributed by atoms with Gasteiger partial charge in [0.15, 0.2) is 11.6 Å². The van der Waals surface area contributed by atoms with Crippen LogP contribution in [0.3, 0.4) is 0 Å². The highest BCUT2D eigenvalue weighted by atomic mass is 16.5. The third-order valence-electron chi connectivity index (χ3n) is 4.79. The Hall–Kier alpha value is -3.07. The minimum atomic E-state index is -0.109. The fraction of sp³-hybridized carbons (Fsp3) is 0.421. The van der Waals surface area contributed by atoms with Gasteiger partial charge in [-0.15, -0.1) is 0 Å². The topological polar surface area (TPSA) is 110 Å². The van der Waals surface area contributed by atoms with Crippen LogP contribution in [0.4, 0.5) is 5.82 Å². The van der Waals surface area contributed by atoms with Crippen LogP contribution in [0, 0.1) is 13.8 Å². The Morgan fingerprint density at radius 1 is 1.29 bits per heavy atom. The van der Waals surface area contributed by atoms with E-state index in [1.807, 2.05) is 13.0 Å². The molecule has 3 aromatic rings. The number of likely N-dealkylation sites (tertiary alicyclic amines) is 1. The van der Waals surface area contributed by atoms with Crippen molar-refractivity contribution >= 4 is 11.7 Å². The number of amides is 1. The van der Waals surface area contributed by atoms with Crippen molar-refractivity contribution in [1.82, 2.24) is 25.2 Å². The number of hydrogen-bond acceptors (Lipinski definition) is 8. The van der Waals surface area contributed by atoms with E-state index in [1.165, 1.54) is 0 Å². The van der Waals surface area contributed by atoms with Crippen molar-refractivity contribution in [3.8, 4) is 11.3 Å².